The molecule has 1 saturated carbocycles. The molecule has 114 valence electrons. The number of amides is 1. The predicted octanol–water partition coefficient (Wildman–Crippen LogP) is 3.10. The van der Waals surface area contributed by atoms with Crippen LogP contribution in [0.4, 0.5) is 10.5 Å². The first-order chi connectivity index (χ1) is 9.92. The zero-order chi connectivity index (χ0) is 15.0. The molecule has 0 unspecified atom stereocenters. The molecule has 1 heterocycles. The van der Waals surface area contributed by atoms with Crippen LogP contribution in [-0.2, 0) is 11.2 Å². The molecule has 1 N–H and O–H groups in total. The summed E-state index contributed by atoms with van der Waals surface area (Å²) in [6, 6.07) is 9.43. The Morgan fingerprint density at radius 1 is 1.29 bits per heavy atom. The number of fused-ring (bicyclic) bond motifs is 1. The van der Waals surface area contributed by atoms with Crippen molar-refractivity contribution in [3.05, 3.63) is 29.8 Å². The van der Waals surface area contributed by atoms with Gasteiger partial charge in [-0.3, -0.25) is 0 Å². The lowest BCUT2D eigenvalue weighted by molar-refractivity contribution is 0.0471. The smallest absolute Gasteiger partial charge is 0.407 e. The van der Waals surface area contributed by atoms with Crippen molar-refractivity contribution in [2.24, 2.45) is 0 Å². The van der Waals surface area contributed by atoms with Gasteiger partial charge in [0, 0.05) is 24.3 Å². The molecule has 4 nitrogen and oxygen atoms in total. The van der Waals surface area contributed by atoms with Crippen molar-refractivity contribution < 1.29 is 9.53 Å². The lowest BCUT2D eigenvalue weighted by Crippen LogP contribution is -2.54. The van der Waals surface area contributed by atoms with Crippen molar-refractivity contribution in [1.29, 1.82) is 0 Å². The van der Waals surface area contributed by atoms with E-state index in [4.69, 9.17) is 4.74 Å². The Morgan fingerprint density at radius 3 is 2.71 bits per heavy atom. The van der Waals surface area contributed by atoms with E-state index in [9.17, 15) is 4.79 Å². The van der Waals surface area contributed by atoms with Gasteiger partial charge in [0.05, 0.1) is 0 Å². The zero-order valence-corrected chi connectivity index (χ0v) is 13.1. The molecule has 0 atom stereocenters. The minimum Gasteiger partial charge on any atom is -0.444 e. The number of carbonyl (C=O) groups is 1. The van der Waals surface area contributed by atoms with E-state index in [1.807, 2.05) is 20.8 Å². The van der Waals surface area contributed by atoms with E-state index in [1.54, 1.807) is 0 Å². The van der Waals surface area contributed by atoms with E-state index in [2.05, 4.69) is 34.5 Å². The van der Waals surface area contributed by atoms with Gasteiger partial charge in [-0.1, -0.05) is 18.2 Å². The molecule has 0 bridgehead atoms. The molecule has 0 saturated heterocycles. The van der Waals surface area contributed by atoms with E-state index >= 15 is 0 Å². The third kappa shape index (κ3) is 3.14. The van der Waals surface area contributed by atoms with Gasteiger partial charge in [-0.2, -0.15) is 0 Å². The second kappa shape index (κ2) is 5.24. The number of hydrogen-bond acceptors (Lipinski definition) is 3. The SMILES string of the molecule is CC(C)(C)OC(=O)NC1CC(N2CCc3ccccc32)C1. The summed E-state index contributed by atoms with van der Waals surface area (Å²) < 4.78 is 5.30. The van der Waals surface area contributed by atoms with Gasteiger partial charge in [0.1, 0.15) is 5.60 Å². The minimum atomic E-state index is -0.429. The summed E-state index contributed by atoms with van der Waals surface area (Å²) in [5.74, 6) is 0. The van der Waals surface area contributed by atoms with Gasteiger partial charge in [0.2, 0.25) is 0 Å². The molecule has 1 aromatic carbocycles. The summed E-state index contributed by atoms with van der Waals surface area (Å²) in [5.41, 5.74) is 2.39. The molecule has 1 fully saturated rings. The molecule has 0 aromatic heterocycles. The standard InChI is InChI=1S/C17H24N2O2/c1-17(2,3)21-16(20)18-13-10-14(11-13)19-9-8-12-6-4-5-7-15(12)19/h4-7,13-14H,8-11H2,1-3H3,(H,18,20). The average Bonchev–Trinajstić information content (AvgIpc) is 2.74. The summed E-state index contributed by atoms with van der Waals surface area (Å²) in [7, 11) is 0. The van der Waals surface area contributed by atoms with Crippen LogP contribution in [0.5, 0.6) is 0 Å². The second-order valence-corrected chi connectivity index (χ2v) is 7.04. The molecule has 1 amide bonds. The number of benzene rings is 1. The van der Waals surface area contributed by atoms with Gasteiger partial charge < -0.3 is 15.0 Å². The third-order valence-corrected chi connectivity index (χ3v) is 4.20. The van der Waals surface area contributed by atoms with Crippen molar-refractivity contribution in [1.82, 2.24) is 5.32 Å². The van der Waals surface area contributed by atoms with Gasteiger partial charge in [-0.15, -0.1) is 0 Å². The number of para-hydroxylation sites is 1. The van der Waals surface area contributed by atoms with Crippen LogP contribution in [0.1, 0.15) is 39.2 Å². The summed E-state index contributed by atoms with van der Waals surface area (Å²) >= 11 is 0. The van der Waals surface area contributed by atoms with E-state index in [0.29, 0.717) is 6.04 Å². The molecule has 21 heavy (non-hydrogen) atoms. The second-order valence-electron chi connectivity index (χ2n) is 7.04. The van der Waals surface area contributed by atoms with Gasteiger partial charge in [0.15, 0.2) is 0 Å². The van der Waals surface area contributed by atoms with Gasteiger partial charge in [-0.05, 0) is 51.7 Å². The molecule has 1 aliphatic heterocycles. The maximum absolute atomic E-state index is 11.7. The van der Waals surface area contributed by atoms with Crippen LogP contribution in [0, 0.1) is 0 Å². The Balaban J connectivity index is 1.50. The highest BCUT2D eigenvalue weighted by Gasteiger charge is 2.37. The zero-order valence-electron chi connectivity index (χ0n) is 13.1. The molecule has 1 aliphatic carbocycles. The molecule has 1 aromatic rings. The molecule has 3 rings (SSSR count). The Morgan fingerprint density at radius 2 is 2.00 bits per heavy atom. The largest absolute Gasteiger partial charge is 0.444 e. The van der Waals surface area contributed by atoms with Gasteiger partial charge in [-0.25, -0.2) is 4.79 Å². The first kappa shape index (κ1) is 14.2. The van der Waals surface area contributed by atoms with E-state index in [-0.39, 0.29) is 12.1 Å². The number of hydrogen-bond donors (Lipinski definition) is 1. The monoisotopic (exact) mass is 288 g/mol. The highest BCUT2D eigenvalue weighted by Crippen LogP contribution is 2.36. The summed E-state index contributed by atoms with van der Waals surface area (Å²) in [5, 5.41) is 2.96. The molecular weight excluding hydrogens is 264 g/mol. The molecule has 4 heteroatoms. The Hall–Kier alpha value is -1.71. The number of carbonyl (C=O) groups excluding carboxylic acids is 1. The van der Waals surface area contributed by atoms with Crippen molar-refractivity contribution in [3.63, 3.8) is 0 Å². The fourth-order valence-corrected chi connectivity index (χ4v) is 3.18. The lowest BCUT2D eigenvalue weighted by atomic mass is 9.85. The van der Waals surface area contributed by atoms with Crippen molar-refractivity contribution >= 4 is 11.8 Å². The first-order valence-electron chi connectivity index (χ1n) is 7.76. The van der Waals surface area contributed by atoms with Crippen LogP contribution in [0.25, 0.3) is 0 Å². The van der Waals surface area contributed by atoms with Crippen LogP contribution in [0.15, 0.2) is 24.3 Å². The Labute approximate surface area is 126 Å². The van der Waals surface area contributed by atoms with Gasteiger partial charge in [0.25, 0.3) is 0 Å². The van der Waals surface area contributed by atoms with Crippen LogP contribution >= 0.6 is 0 Å². The number of alkyl carbamates (subject to hydrolysis) is 1. The molecule has 0 radical (unpaired) electrons. The third-order valence-electron chi connectivity index (χ3n) is 4.20. The number of ether oxygens (including phenoxy) is 1. The van der Waals surface area contributed by atoms with Crippen molar-refractivity contribution in [2.45, 2.75) is 57.7 Å². The molecular formula is C17H24N2O2. The number of rotatable bonds is 2. The number of anilines is 1. The van der Waals surface area contributed by atoms with E-state index in [1.165, 1.54) is 11.3 Å². The fraction of sp³-hybridized carbons (Fsp3) is 0.588. The quantitative estimate of drug-likeness (QED) is 0.909. The first-order valence-corrected chi connectivity index (χ1v) is 7.76. The maximum atomic E-state index is 11.7. The Kier molecular flexibility index (Phi) is 3.56. The van der Waals surface area contributed by atoms with Crippen LogP contribution in [0.3, 0.4) is 0 Å². The lowest BCUT2D eigenvalue weighted by Gasteiger charge is -2.42. The van der Waals surface area contributed by atoms with E-state index in [0.717, 1.165) is 25.8 Å². The number of nitrogens with zero attached hydrogens (tertiary/aromatic N) is 1. The summed E-state index contributed by atoms with van der Waals surface area (Å²) in [6.07, 6.45) is 2.85. The van der Waals surface area contributed by atoms with Crippen molar-refractivity contribution in [3.8, 4) is 0 Å². The molecule has 2 aliphatic rings. The summed E-state index contributed by atoms with van der Waals surface area (Å²) in [6.45, 7) is 6.76. The minimum absolute atomic E-state index is 0.248. The fourth-order valence-electron chi connectivity index (χ4n) is 3.18. The topological polar surface area (TPSA) is 41.6 Å². The number of nitrogens with one attached hydrogen (secondary N) is 1. The predicted molar refractivity (Wildman–Crippen MR) is 83.7 cm³/mol. The van der Waals surface area contributed by atoms with Crippen LogP contribution in [-0.4, -0.2) is 30.3 Å². The summed E-state index contributed by atoms with van der Waals surface area (Å²) in [4.78, 5) is 14.2. The Bertz CT molecular complexity index is 530. The van der Waals surface area contributed by atoms with Crippen LogP contribution < -0.4 is 10.2 Å². The van der Waals surface area contributed by atoms with Gasteiger partial charge >= 0.3 is 6.09 Å². The normalized spacial score (nSPS) is 24.2. The van der Waals surface area contributed by atoms with Crippen molar-refractivity contribution in [2.75, 3.05) is 11.4 Å². The molecule has 0 spiro atoms. The van der Waals surface area contributed by atoms with E-state index < -0.39 is 5.60 Å². The highest BCUT2D eigenvalue weighted by molar-refractivity contribution is 5.68. The van der Waals surface area contributed by atoms with Crippen LogP contribution in [0.2, 0.25) is 0 Å². The maximum Gasteiger partial charge on any atom is 0.407 e. The average molecular weight is 288 g/mol. The highest BCUT2D eigenvalue weighted by atomic mass is 16.6.